The quantitative estimate of drug-likeness (QED) is 0.233. The van der Waals surface area contributed by atoms with Gasteiger partial charge in [-0.05, 0) is 62.1 Å². The number of unbranched alkanes of at least 4 members (excludes halogenated alkanes) is 3. The van der Waals surface area contributed by atoms with E-state index in [1.165, 1.54) is 32.0 Å². The summed E-state index contributed by atoms with van der Waals surface area (Å²) in [5.41, 5.74) is 1.96. The number of carbonyl (C=O) groups is 1. The van der Waals surface area contributed by atoms with E-state index in [0.29, 0.717) is 5.75 Å². The number of esters is 1. The largest absolute Gasteiger partial charge is 0.426 e. The molecular weight excluding hydrogens is 348 g/mol. The van der Waals surface area contributed by atoms with Crippen molar-refractivity contribution in [1.82, 2.24) is 9.97 Å². The van der Waals surface area contributed by atoms with Crippen LogP contribution < -0.4 is 4.74 Å². The van der Waals surface area contributed by atoms with Crippen LogP contribution >= 0.6 is 0 Å². The third kappa shape index (κ3) is 6.01. The van der Waals surface area contributed by atoms with Crippen LogP contribution in [0, 0.1) is 11.8 Å². The van der Waals surface area contributed by atoms with Crippen molar-refractivity contribution in [2.75, 3.05) is 0 Å². The summed E-state index contributed by atoms with van der Waals surface area (Å²) in [5, 5.41) is 0. The summed E-state index contributed by atoms with van der Waals surface area (Å²) in [4.78, 5) is 20.6. The highest BCUT2D eigenvalue weighted by molar-refractivity contribution is 5.75. The van der Waals surface area contributed by atoms with Gasteiger partial charge >= 0.3 is 5.97 Å². The second kappa shape index (κ2) is 10.7. The van der Waals surface area contributed by atoms with Crippen molar-refractivity contribution in [3.8, 4) is 16.9 Å². The van der Waals surface area contributed by atoms with Crippen molar-refractivity contribution < 1.29 is 9.53 Å². The Kier molecular flexibility index (Phi) is 7.77. The van der Waals surface area contributed by atoms with Gasteiger partial charge in [0.1, 0.15) is 12.1 Å². The molecule has 2 aromatic rings. The first-order chi connectivity index (χ1) is 13.8. The average molecular weight is 379 g/mol. The number of hydrogen-bond acceptors (Lipinski definition) is 4. The lowest BCUT2D eigenvalue weighted by Crippen LogP contribution is -2.25. The van der Waals surface area contributed by atoms with Gasteiger partial charge in [0.05, 0.1) is 5.92 Å². The number of hydrogen-bond donors (Lipinski definition) is 0. The molecule has 0 aliphatic heterocycles. The Labute approximate surface area is 168 Å². The lowest BCUT2D eigenvalue weighted by atomic mass is 9.80. The zero-order valence-corrected chi connectivity index (χ0v) is 16.6. The molecule has 0 amide bonds. The van der Waals surface area contributed by atoms with Gasteiger partial charge in [-0.3, -0.25) is 4.79 Å². The predicted molar refractivity (Wildman–Crippen MR) is 112 cm³/mol. The normalized spacial score (nSPS) is 19.1. The molecule has 0 saturated heterocycles. The van der Waals surface area contributed by atoms with Crippen LogP contribution in [0.25, 0.3) is 11.1 Å². The first-order valence-electron chi connectivity index (χ1n) is 10.4. The summed E-state index contributed by atoms with van der Waals surface area (Å²) in [7, 11) is 0. The SMILES string of the molecule is C=CCCCCC[C@H]1CC[C@H](C(=O)Oc2ccc(-c3cncnc3)cc2)CC1. The van der Waals surface area contributed by atoms with E-state index in [1.54, 1.807) is 12.4 Å². The van der Waals surface area contributed by atoms with Gasteiger partial charge in [0.2, 0.25) is 0 Å². The van der Waals surface area contributed by atoms with Gasteiger partial charge in [-0.15, -0.1) is 6.58 Å². The van der Waals surface area contributed by atoms with Gasteiger partial charge in [-0.1, -0.05) is 37.5 Å². The number of allylic oxidation sites excluding steroid dienone is 1. The van der Waals surface area contributed by atoms with Crippen LogP contribution in [0.2, 0.25) is 0 Å². The molecule has 0 bridgehead atoms. The highest BCUT2D eigenvalue weighted by Crippen LogP contribution is 2.33. The van der Waals surface area contributed by atoms with Crippen LogP contribution in [0.15, 0.2) is 55.6 Å². The van der Waals surface area contributed by atoms with Crippen molar-refractivity contribution in [3.05, 3.63) is 55.6 Å². The number of rotatable bonds is 9. The Bertz CT molecular complexity index is 735. The summed E-state index contributed by atoms with van der Waals surface area (Å²) in [6.07, 6.45) is 17.5. The van der Waals surface area contributed by atoms with Gasteiger partial charge in [0, 0.05) is 18.0 Å². The number of aromatic nitrogens is 2. The molecule has 0 atom stereocenters. The van der Waals surface area contributed by atoms with E-state index < -0.39 is 0 Å². The van der Waals surface area contributed by atoms with E-state index in [2.05, 4.69) is 16.5 Å². The van der Waals surface area contributed by atoms with Crippen molar-refractivity contribution in [2.45, 2.75) is 57.8 Å². The summed E-state index contributed by atoms with van der Waals surface area (Å²) in [5.74, 6) is 1.34. The van der Waals surface area contributed by atoms with Crippen molar-refractivity contribution >= 4 is 5.97 Å². The zero-order chi connectivity index (χ0) is 19.6. The fourth-order valence-corrected chi connectivity index (χ4v) is 3.95. The standard InChI is InChI=1S/C24H30N2O2/c1-2-3-4-5-6-7-19-8-10-21(11-9-19)24(27)28-23-14-12-20(13-15-23)22-16-25-18-26-17-22/h2,12-19,21H,1,3-11H2/t19-,21-. The van der Waals surface area contributed by atoms with Gasteiger partial charge in [-0.2, -0.15) is 0 Å². The fraction of sp³-hybridized carbons (Fsp3) is 0.458. The molecule has 1 aliphatic carbocycles. The second-order valence-electron chi connectivity index (χ2n) is 7.72. The first-order valence-corrected chi connectivity index (χ1v) is 10.4. The highest BCUT2D eigenvalue weighted by atomic mass is 16.5. The molecule has 148 valence electrons. The van der Waals surface area contributed by atoms with Crippen LogP contribution in [0.1, 0.15) is 57.8 Å². The van der Waals surface area contributed by atoms with Crippen LogP contribution in [0.3, 0.4) is 0 Å². The summed E-state index contributed by atoms with van der Waals surface area (Å²) < 4.78 is 5.63. The van der Waals surface area contributed by atoms with Crippen molar-refractivity contribution in [1.29, 1.82) is 0 Å². The first kappa shape index (κ1) is 20.2. The minimum absolute atomic E-state index is 0.0409. The molecule has 1 fully saturated rings. The van der Waals surface area contributed by atoms with Gasteiger partial charge < -0.3 is 4.74 Å². The number of nitrogens with zero attached hydrogens (tertiary/aromatic N) is 2. The monoisotopic (exact) mass is 378 g/mol. The topological polar surface area (TPSA) is 52.1 Å². The van der Waals surface area contributed by atoms with Crippen molar-refractivity contribution in [3.63, 3.8) is 0 Å². The molecule has 4 nitrogen and oxygen atoms in total. The predicted octanol–water partition coefficient (Wildman–Crippen LogP) is 5.99. The fourth-order valence-electron chi connectivity index (χ4n) is 3.95. The highest BCUT2D eigenvalue weighted by Gasteiger charge is 2.27. The van der Waals surface area contributed by atoms with Gasteiger partial charge in [0.25, 0.3) is 0 Å². The second-order valence-corrected chi connectivity index (χ2v) is 7.72. The average Bonchev–Trinajstić information content (AvgIpc) is 2.75. The molecule has 3 rings (SSSR count). The molecule has 0 spiro atoms. The summed E-state index contributed by atoms with van der Waals surface area (Å²) in [6, 6.07) is 7.55. The smallest absolute Gasteiger partial charge is 0.314 e. The van der Waals surface area contributed by atoms with E-state index in [-0.39, 0.29) is 11.9 Å². The van der Waals surface area contributed by atoms with E-state index >= 15 is 0 Å². The molecule has 1 saturated carbocycles. The molecule has 1 aliphatic rings. The zero-order valence-electron chi connectivity index (χ0n) is 16.6. The maximum atomic E-state index is 12.5. The molecule has 0 unspecified atom stereocenters. The Balaban J connectivity index is 1.41. The van der Waals surface area contributed by atoms with E-state index in [4.69, 9.17) is 4.74 Å². The third-order valence-corrected chi connectivity index (χ3v) is 5.67. The van der Waals surface area contributed by atoms with Crippen LogP contribution in [0.5, 0.6) is 5.75 Å². The number of benzene rings is 1. The third-order valence-electron chi connectivity index (χ3n) is 5.67. The minimum atomic E-state index is -0.0831. The summed E-state index contributed by atoms with van der Waals surface area (Å²) >= 11 is 0. The van der Waals surface area contributed by atoms with Crippen LogP contribution in [-0.4, -0.2) is 15.9 Å². The lowest BCUT2D eigenvalue weighted by molar-refractivity contribution is -0.140. The minimum Gasteiger partial charge on any atom is -0.426 e. The van der Waals surface area contributed by atoms with E-state index in [1.807, 2.05) is 30.3 Å². The van der Waals surface area contributed by atoms with Crippen LogP contribution in [0.4, 0.5) is 0 Å². The molecular formula is C24H30N2O2. The molecule has 0 radical (unpaired) electrons. The molecule has 1 heterocycles. The maximum absolute atomic E-state index is 12.5. The lowest BCUT2D eigenvalue weighted by Gasteiger charge is -2.27. The molecule has 1 aromatic heterocycles. The number of ether oxygens (including phenoxy) is 1. The Morgan fingerprint density at radius 2 is 1.71 bits per heavy atom. The molecule has 28 heavy (non-hydrogen) atoms. The van der Waals surface area contributed by atoms with Crippen LogP contribution in [-0.2, 0) is 4.79 Å². The Morgan fingerprint density at radius 1 is 1.00 bits per heavy atom. The van der Waals surface area contributed by atoms with Gasteiger partial charge in [0.15, 0.2) is 0 Å². The van der Waals surface area contributed by atoms with E-state index in [0.717, 1.165) is 49.1 Å². The number of carbonyl (C=O) groups excluding carboxylic acids is 1. The van der Waals surface area contributed by atoms with Gasteiger partial charge in [-0.25, -0.2) is 9.97 Å². The summed E-state index contributed by atoms with van der Waals surface area (Å²) in [6.45, 7) is 3.77. The van der Waals surface area contributed by atoms with Crippen molar-refractivity contribution in [2.24, 2.45) is 11.8 Å². The maximum Gasteiger partial charge on any atom is 0.314 e. The molecule has 1 aromatic carbocycles. The molecule has 0 N–H and O–H groups in total. The Morgan fingerprint density at radius 3 is 2.39 bits per heavy atom. The van der Waals surface area contributed by atoms with E-state index in [9.17, 15) is 4.79 Å². The molecule has 4 heteroatoms. The Hall–Kier alpha value is -2.49.